The van der Waals surface area contributed by atoms with Gasteiger partial charge in [0.2, 0.25) is 0 Å². The molecule has 0 unspecified atom stereocenters. The second kappa shape index (κ2) is 6.30. The highest BCUT2D eigenvalue weighted by Crippen LogP contribution is 2.17. The lowest BCUT2D eigenvalue weighted by Gasteiger charge is -2.24. The smallest absolute Gasteiger partial charge is 0.118 e. The monoisotopic (exact) mass is 241 g/mol. The quantitative estimate of drug-likeness (QED) is 0.715. The molecule has 0 N–H and O–H groups in total. The van der Waals surface area contributed by atoms with Crippen LogP contribution in [-0.2, 0) is 13.1 Å². The molecule has 4 heteroatoms. The molecule has 0 spiro atoms. The number of aryl methyl sites for hydroxylation is 1. The van der Waals surface area contributed by atoms with Crippen molar-refractivity contribution in [2.75, 3.05) is 12.8 Å². The van der Waals surface area contributed by atoms with Gasteiger partial charge in [0.05, 0.1) is 5.69 Å². The molecule has 0 saturated heterocycles. The Morgan fingerprint density at radius 3 is 2.56 bits per heavy atom. The zero-order valence-electron chi connectivity index (χ0n) is 11.0. The van der Waals surface area contributed by atoms with Crippen LogP contribution in [0.4, 0.5) is 0 Å². The summed E-state index contributed by atoms with van der Waals surface area (Å²) in [7, 11) is 0. The molecule has 1 rings (SSSR count). The standard InChI is InChI=1S/C12H23N3S/c1-6-14(10(3)4)9-11-8-12(16-5)13-15(11)7-2/h8,10H,6-7,9H2,1-5H3. The third-order valence-corrected chi connectivity index (χ3v) is 3.47. The van der Waals surface area contributed by atoms with E-state index in [9.17, 15) is 0 Å². The Hall–Kier alpha value is -0.480. The average Bonchev–Trinajstić information content (AvgIpc) is 2.67. The van der Waals surface area contributed by atoms with Crippen molar-refractivity contribution in [3.63, 3.8) is 0 Å². The van der Waals surface area contributed by atoms with E-state index in [1.54, 1.807) is 11.8 Å². The van der Waals surface area contributed by atoms with E-state index in [0.717, 1.165) is 24.7 Å². The molecule has 92 valence electrons. The summed E-state index contributed by atoms with van der Waals surface area (Å²) in [6, 6.07) is 2.79. The molecule has 0 aliphatic rings. The Balaban J connectivity index is 2.81. The molecule has 0 amide bonds. The Kier molecular flexibility index (Phi) is 5.35. The van der Waals surface area contributed by atoms with Gasteiger partial charge in [-0.15, -0.1) is 11.8 Å². The van der Waals surface area contributed by atoms with Crippen LogP contribution in [0, 0.1) is 0 Å². The first kappa shape index (κ1) is 13.6. The average molecular weight is 241 g/mol. The number of nitrogens with zero attached hydrogens (tertiary/aromatic N) is 3. The van der Waals surface area contributed by atoms with Crippen LogP contribution in [0.15, 0.2) is 11.1 Å². The van der Waals surface area contributed by atoms with Gasteiger partial charge in [-0.25, -0.2) is 0 Å². The summed E-state index contributed by atoms with van der Waals surface area (Å²) in [5.41, 5.74) is 1.32. The van der Waals surface area contributed by atoms with Crippen molar-refractivity contribution < 1.29 is 0 Å². The van der Waals surface area contributed by atoms with E-state index < -0.39 is 0 Å². The van der Waals surface area contributed by atoms with E-state index >= 15 is 0 Å². The maximum absolute atomic E-state index is 4.55. The molecule has 3 nitrogen and oxygen atoms in total. The van der Waals surface area contributed by atoms with Crippen molar-refractivity contribution in [2.45, 2.75) is 51.9 Å². The lowest BCUT2D eigenvalue weighted by molar-refractivity contribution is 0.218. The van der Waals surface area contributed by atoms with Gasteiger partial charge in [0.15, 0.2) is 0 Å². The zero-order valence-corrected chi connectivity index (χ0v) is 11.8. The highest BCUT2D eigenvalue weighted by atomic mass is 32.2. The normalized spacial score (nSPS) is 11.7. The van der Waals surface area contributed by atoms with Gasteiger partial charge in [0.25, 0.3) is 0 Å². The Morgan fingerprint density at radius 1 is 1.44 bits per heavy atom. The number of aromatic nitrogens is 2. The Bertz CT molecular complexity index is 320. The maximum atomic E-state index is 4.55. The van der Waals surface area contributed by atoms with Crippen LogP contribution >= 0.6 is 11.8 Å². The lowest BCUT2D eigenvalue weighted by Crippen LogP contribution is -2.30. The van der Waals surface area contributed by atoms with Crippen LogP contribution in [0.25, 0.3) is 0 Å². The minimum atomic E-state index is 0.586. The maximum Gasteiger partial charge on any atom is 0.118 e. The van der Waals surface area contributed by atoms with Crippen LogP contribution < -0.4 is 0 Å². The zero-order chi connectivity index (χ0) is 12.1. The lowest BCUT2D eigenvalue weighted by atomic mass is 10.3. The van der Waals surface area contributed by atoms with Gasteiger partial charge in [-0.05, 0) is 39.6 Å². The molecule has 1 aromatic heterocycles. The van der Waals surface area contributed by atoms with E-state index in [-0.39, 0.29) is 0 Å². The van der Waals surface area contributed by atoms with Gasteiger partial charge >= 0.3 is 0 Å². The van der Waals surface area contributed by atoms with Crippen molar-refractivity contribution in [3.8, 4) is 0 Å². The fourth-order valence-electron chi connectivity index (χ4n) is 1.80. The van der Waals surface area contributed by atoms with Crippen molar-refractivity contribution in [3.05, 3.63) is 11.8 Å². The molecular formula is C12H23N3S. The summed E-state index contributed by atoms with van der Waals surface area (Å²) in [6.07, 6.45) is 2.08. The first-order valence-corrected chi connectivity index (χ1v) is 7.19. The first-order chi connectivity index (χ1) is 7.62. The molecule has 0 atom stereocenters. The van der Waals surface area contributed by atoms with Gasteiger partial charge in [0, 0.05) is 19.1 Å². The van der Waals surface area contributed by atoms with Crippen molar-refractivity contribution >= 4 is 11.8 Å². The van der Waals surface area contributed by atoms with Crippen LogP contribution in [0.5, 0.6) is 0 Å². The molecule has 1 heterocycles. The van der Waals surface area contributed by atoms with E-state index in [2.05, 4.69) is 54.7 Å². The molecule has 16 heavy (non-hydrogen) atoms. The van der Waals surface area contributed by atoms with Crippen molar-refractivity contribution in [1.29, 1.82) is 0 Å². The molecule has 0 aliphatic heterocycles. The summed E-state index contributed by atoms with van der Waals surface area (Å²) in [6.45, 7) is 11.9. The van der Waals surface area contributed by atoms with Crippen LogP contribution in [0.1, 0.15) is 33.4 Å². The molecular weight excluding hydrogens is 218 g/mol. The molecule has 0 aromatic carbocycles. The van der Waals surface area contributed by atoms with Gasteiger partial charge in [-0.1, -0.05) is 6.92 Å². The molecule has 0 saturated carbocycles. The van der Waals surface area contributed by atoms with Gasteiger partial charge in [-0.2, -0.15) is 5.10 Å². The van der Waals surface area contributed by atoms with Gasteiger partial charge in [0.1, 0.15) is 5.03 Å². The van der Waals surface area contributed by atoms with Crippen LogP contribution in [0.3, 0.4) is 0 Å². The minimum Gasteiger partial charge on any atom is -0.295 e. The molecule has 0 radical (unpaired) electrons. The summed E-state index contributed by atoms with van der Waals surface area (Å²) >= 11 is 1.71. The number of hydrogen-bond acceptors (Lipinski definition) is 3. The predicted molar refractivity (Wildman–Crippen MR) is 70.9 cm³/mol. The summed E-state index contributed by atoms with van der Waals surface area (Å²) in [5, 5.41) is 5.67. The topological polar surface area (TPSA) is 21.1 Å². The molecule has 1 aromatic rings. The third-order valence-electron chi connectivity index (χ3n) is 2.85. The van der Waals surface area contributed by atoms with E-state index in [0.29, 0.717) is 6.04 Å². The summed E-state index contributed by atoms with van der Waals surface area (Å²) in [4.78, 5) is 2.45. The highest BCUT2D eigenvalue weighted by molar-refractivity contribution is 7.98. The number of thioether (sulfide) groups is 1. The van der Waals surface area contributed by atoms with E-state index in [4.69, 9.17) is 0 Å². The van der Waals surface area contributed by atoms with Gasteiger partial charge in [-0.3, -0.25) is 9.58 Å². The fourth-order valence-corrected chi connectivity index (χ4v) is 2.23. The van der Waals surface area contributed by atoms with E-state index in [1.165, 1.54) is 5.69 Å². The highest BCUT2D eigenvalue weighted by Gasteiger charge is 2.12. The molecule has 0 bridgehead atoms. The largest absolute Gasteiger partial charge is 0.295 e. The fraction of sp³-hybridized carbons (Fsp3) is 0.750. The molecule has 0 aliphatic carbocycles. The Morgan fingerprint density at radius 2 is 2.12 bits per heavy atom. The van der Waals surface area contributed by atoms with Gasteiger partial charge < -0.3 is 0 Å². The van der Waals surface area contributed by atoms with Crippen molar-refractivity contribution in [1.82, 2.24) is 14.7 Å². The summed E-state index contributed by atoms with van der Waals surface area (Å²) < 4.78 is 2.11. The second-order valence-electron chi connectivity index (χ2n) is 4.15. The van der Waals surface area contributed by atoms with E-state index in [1.807, 2.05) is 0 Å². The van der Waals surface area contributed by atoms with Crippen molar-refractivity contribution in [2.24, 2.45) is 0 Å². The number of rotatable bonds is 6. The third kappa shape index (κ3) is 3.25. The minimum absolute atomic E-state index is 0.586. The SMILES string of the molecule is CCN(Cc1cc(SC)nn1CC)C(C)C. The second-order valence-corrected chi connectivity index (χ2v) is 4.98. The Labute approximate surface area is 103 Å². The first-order valence-electron chi connectivity index (χ1n) is 5.97. The van der Waals surface area contributed by atoms with Crippen LogP contribution in [-0.4, -0.2) is 33.5 Å². The predicted octanol–water partition coefficient (Wildman–Crippen LogP) is 2.86. The van der Waals surface area contributed by atoms with Crippen LogP contribution in [0.2, 0.25) is 0 Å². The number of hydrogen-bond donors (Lipinski definition) is 0. The molecule has 0 fully saturated rings. The summed E-state index contributed by atoms with van der Waals surface area (Å²) in [5.74, 6) is 0.